The molecule has 1 atom stereocenters. The van der Waals surface area contributed by atoms with Gasteiger partial charge < -0.3 is 10.4 Å². The first-order chi connectivity index (χ1) is 6.19. The van der Waals surface area contributed by atoms with Crippen molar-refractivity contribution in [2.24, 2.45) is 0 Å². The lowest BCUT2D eigenvalue weighted by Gasteiger charge is -2.12. The van der Waals surface area contributed by atoms with Crippen LogP contribution in [0.4, 0.5) is 0 Å². The lowest BCUT2D eigenvalue weighted by atomic mass is 10.2. The Kier molecular flexibility index (Phi) is 4.69. The number of likely N-dealkylation sites (N-methyl/N-ethyl adjacent to an activating group) is 1. The molecule has 0 aromatic carbocycles. The predicted octanol–water partition coefficient (Wildman–Crippen LogP) is 2.81. The van der Waals surface area contributed by atoms with Crippen LogP contribution in [0.3, 0.4) is 0 Å². The zero-order chi connectivity index (χ0) is 9.84. The van der Waals surface area contributed by atoms with E-state index in [1.54, 1.807) is 0 Å². The fourth-order valence-electron chi connectivity index (χ4n) is 1.04. The average molecular weight is 285 g/mol. The molecule has 0 spiro atoms. The molecule has 2 N–H and O–H groups in total. The number of halogens is 2. The van der Waals surface area contributed by atoms with Gasteiger partial charge in [-0.15, -0.1) is 11.3 Å². The monoisotopic (exact) mass is 283 g/mol. The van der Waals surface area contributed by atoms with Gasteiger partial charge in [0.05, 0.1) is 12.6 Å². The zero-order valence-corrected chi connectivity index (χ0v) is 10.3. The van der Waals surface area contributed by atoms with Gasteiger partial charge in [-0.3, -0.25) is 0 Å². The maximum Gasteiger partial charge on any atom is 0.107 e. The van der Waals surface area contributed by atoms with Gasteiger partial charge in [0.2, 0.25) is 0 Å². The summed E-state index contributed by atoms with van der Waals surface area (Å²) in [5.74, 6) is 0. The van der Waals surface area contributed by atoms with Gasteiger partial charge in [0.15, 0.2) is 0 Å². The fourth-order valence-corrected chi connectivity index (χ4v) is 2.84. The molecule has 74 valence electrons. The summed E-state index contributed by atoms with van der Waals surface area (Å²) >= 11 is 10.7. The summed E-state index contributed by atoms with van der Waals surface area (Å²) in [5.41, 5.74) is 0. The van der Waals surface area contributed by atoms with E-state index in [0.717, 1.165) is 20.2 Å². The normalized spacial score (nSPS) is 13.2. The van der Waals surface area contributed by atoms with Gasteiger partial charge in [-0.2, -0.15) is 0 Å². The third kappa shape index (κ3) is 2.92. The van der Waals surface area contributed by atoms with Crippen molar-refractivity contribution in [2.45, 2.75) is 13.0 Å². The Morgan fingerprint density at radius 3 is 2.85 bits per heavy atom. The Balaban J connectivity index is 2.78. The maximum atomic E-state index is 9.10. The van der Waals surface area contributed by atoms with Crippen molar-refractivity contribution in [2.75, 3.05) is 13.2 Å². The molecule has 1 aromatic heterocycles. The molecule has 5 heteroatoms. The van der Waals surface area contributed by atoms with Gasteiger partial charge >= 0.3 is 0 Å². The van der Waals surface area contributed by atoms with Crippen LogP contribution in [0.2, 0.25) is 4.34 Å². The first-order valence-electron chi connectivity index (χ1n) is 3.98. The van der Waals surface area contributed by atoms with Crippen LogP contribution in [0.1, 0.15) is 17.8 Å². The molecule has 0 aliphatic heterocycles. The molecule has 0 saturated carbocycles. The topological polar surface area (TPSA) is 32.3 Å². The number of aliphatic hydroxyl groups excluding tert-OH is 1. The van der Waals surface area contributed by atoms with Gasteiger partial charge in [-0.1, -0.05) is 18.5 Å². The Hall–Kier alpha value is 0.390. The predicted molar refractivity (Wildman–Crippen MR) is 60.5 cm³/mol. The molecular weight excluding hydrogens is 274 g/mol. The molecule has 1 heterocycles. The van der Waals surface area contributed by atoms with E-state index in [1.807, 2.05) is 13.0 Å². The average Bonchev–Trinajstić information content (AvgIpc) is 2.43. The van der Waals surface area contributed by atoms with Crippen molar-refractivity contribution in [1.82, 2.24) is 5.32 Å². The highest BCUT2D eigenvalue weighted by atomic mass is 79.9. The van der Waals surface area contributed by atoms with Crippen molar-refractivity contribution in [3.8, 4) is 0 Å². The quantitative estimate of drug-likeness (QED) is 0.891. The van der Waals surface area contributed by atoms with Crippen molar-refractivity contribution in [1.29, 1.82) is 0 Å². The van der Waals surface area contributed by atoms with Gasteiger partial charge in [0, 0.05) is 9.35 Å². The summed E-state index contributed by atoms with van der Waals surface area (Å²) in [6.07, 6.45) is 0. The number of hydrogen-bond acceptors (Lipinski definition) is 3. The van der Waals surface area contributed by atoms with Crippen LogP contribution in [0, 0.1) is 0 Å². The van der Waals surface area contributed by atoms with E-state index in [0.29, 0.717) is 0 Å². The van der Waals surface area contributed by atoms with Gasteiger partial charge in [-0.25, -0.2) is 0 Å². The summed E-state index contributed by atoms with van der Waals surface area (Å²) in [7, 11) is 0. The molecule has 0 amide bonds. The van der Waals surface area contributed by atoms with Crippen molar-refractivity contribution >= 4 is 38.9 Å². The SMILES string of the molecule is CCNC(CO)c1cc(Br)c(Cl)s1. The molecule has 0 saturated heterocycles. The summed E-state index contributed by atoms with van der Waals surface area (Å²) < 4.78 is 1.62. The first-order valence-corrected chi connectivity index (χ1v) is 5.96. The number of hydrogen-bond donors (Lipinski definition) is 2. The van der Waals surface area contributed by atoms with E-state index in [2.05, 4.69) is 21.2 Å². The van der Waals surface area contributed by atoms with Gasteiger partial charge in [0.25, 0.3) is 0 Å². The van der Waals surface area contributed by atoms with Crippen LogP contribution < -0.4 is 5.32 Å². The Labute approximate surface area is 95.0 Å². The van der Waals surface area contributed by atoms with Crippen molar-refractivity contribution < 1.29 is 5.11 Å². The van der Waals surface area contributed by atoms with E-state index in [1.165, 1.54) is 11.3 Å². The molecule has 13 heavy (non-hydrogen) atoms. The second kappa shape index (κ2) is 5.32. The highest BCUT2D eigenvalue weighted by molar-refractivity contribution is 9.10. The second-order valence-electron chi connectivity index (χ2n) is 2.56. The van der Waals surface area contributed by atoms with Crippen LogP contribution in [0.5, 0.6) is 0 Å². The summed E-state index contributed by atoms with van der Waals surface area (Å²) in [6, 6.07) is 1.94. The third-order valence-electron chi connectivity index (χ3n) is 1.64. The van der Waals surface area contributed by atoms with E-state index < -0.39 is 0 Å². The largest absolute Gasteiger partial charge is 0.394 e. The smallest absolute Gasteiger partial charge is 0.107 e. The zero-order valence-electron chi connectivity index (χ0n) is 7.18. The lowest BCUT2D eigenvalue weighted by Crippen LogP contribution is -2.22. The van der Waals surface area contributed by atoms with Crippen LogP contribution >= 0.6 is 38.9 Å². The van der Waals surface area contributed by atoms with Gasteiger partial charge in [-0.05, 0) is 28.5 Å². The molecular formula is C8H11BrClNOS. The standard InChI is InChI=1S/C8H11BrClNOS/c1-2-11-6(4-12)7-3-5(9)8(10)13-7/h3,6,11-12H,2,4H2,1H3. The Morgan fingerprint density at radius 2 is 2.46 bits per heavy atom. The van der Waals surface area contributed by atoms with E-state index in [-0.39, 0.29) is 12.6 Å². The Bertz CT molecular complexity index is 260. The highest BCUT2D eigenvalue weighted by Crippen LogP contribution is 2.34. The summed E-state index contributed by atoms with van der Waals surface area (Å²) in [6.45, 7) is 2.93. The molecule has 0 aliphatic rings. The highest BCUT2D eigenvalue weighted by Gasteiger charge is 2.13. The fraction of sp³-hybridized carbons (Fsp3) is 0.500. The lowest BCUT2D eigenvalue weighted by molar-refractivity contribution is 0.248. The molecule has 0 fully saturated rings. The minimum atomic E-state index is -0.00111. The first kappa shape index (κ1) is 11.5. The third-order valence-corrected chi connectivity index (χ3v) is 4.23. The van der Waals surface area contributed by atoms with Crippen molar-refractivity contribution in [3.63, 3.8) is 0 Å². The van der Waals surface area contributed by atoms with E-state index in [9.17, 15) is 0 Å². The minimum Gasteiger partial charge on any atom is -0.394 e. The number of rotatable bonds is 4. The Morgan fingerprint density at radius 1 is 1.77 bits per heavy atom. The van der Waals surface area contributed by atoms with Crippen molar-refractivity contribution in [3.05, 3.63) is 19.8 Å². The van der Waals surface area contributed by atoms with Gasteiger partial charge in [0.1, 0.15) is 4.34 Å². The molecule has 1 aromatic rings. The molecule has 1 unspecified atom stereocenters. The van der Waals surface area contributed by atoms with E-state index >= 15 is 0 Å². The number of thiophene rings is 1. The van der Waals surface area contributed by atoms with Crippen LogP contribution in [-0.2, 0) is 0 Å². The molecule has 0 radical (unpaired) electrons. The van der Waals surface area contributed by atoms with E-state index in [4.69, 9.17) is 16.7 Å². The maximum absolute atomic E-state index is 9.10. The minimum absolute atomic E-state index is 0.00111. The van der Waals surface area contributed by atoms with Crippen LogP contribution in [-0.4, -0.2) is 18.3 Å². The van der Waals surface area contributed by atoms with Crippen LogP contribution in [0.25, 0.3) is 0 Å². The number of aliphatic hydroxyl groups is 1. The second-order valence-corrected chi connectivity index (χ2v) is 5.10. The molecule has 2 nitrogen and oxygen atoms in total. The summed E-state index contributed by atoms with van der Waals surface area (Å²) in [5, 5.41) is 12.3. The summed E-state index contributed by atoms with van der Waals surface area (Å²) in [4.78, 5) is 1.06. The molecule has 1 rings (SSSR count). The molecule has 0 aliphatic carbocycles. The van der Waals surface area contributed by atoms with Crippen LogP contribution in [0.15, 0.2) is 10.5 Å². The molecule has 0 bridgehead atoms. The number of nitrogens with one attached hydrogen (secondary N) is 1.